The van der Waals surface area contributed by atoms with Crippen LogP contribution in [0.1, 0.15) is 52.9 Å². The summed E-state index contributed by atoms with van der Waals surface area (Å²) in [5.41, 5.74) is 4.18. The second kappa shape index (κ2) is 3.56. The lowest BCUT2D eigenvalue weighted by Gasteiger charge is -2.16. The average Bonchev–Trinajstić information content (AvgIpc) is 2.57. The molecule has 0 amide bonds. The summed E-state index contributed by atoms with van der Waals surface area (Å²) in [6.07, 6.45) is 1.88. The number of fused-ring (bicyclic) bond motifs is 1. The van der Waals surface area contributed by atoms with Crippen LogP contribution in [0.2, 0.25) is 0 Å². The molecule has 0 fully saturated rings. The van der Waals surface area contributed by atoms with Crippen molar-refractivity contribution >= 4 is 11.2 Å². The minimum absolute atomic E-state index is 0.0359. The lowest BCUT2D eigenvalue weighted by molar-refractivity contribution is 0.566. The van der Waals surface area contributed by atoms with Gasteiger partial charge in [0, 0.05) is 22.7 Å². The fraction of sp³-hybridized carbons (Fsp3) is 0.571. The molecular formula is C14H21N3. The van der Waals surface area contributed by atoms with Crippen molar-refractivity contribution < 1.29 is 0 Å². The highest BCUT2D eigenvalue weighted by atomic mass is 14.9. The molecule has 0 bridgehead atoms. The zero-order chi connectivity index (χ0) is 12.8. The van der Waals surface area contributed by atoms with Gasteiger partial charge in [-0.3, -0.25) is 4.98 Å². The molecular weight excluding hydrogens is 210 g/mol. The van der Waals surface area contributed by atoms with Crippen LogP contribution in [0.25, 0.3) is 11.2 Å². The molecule has 3 heteroatoms. The Kier molecular flexibility index (Phi) is 2.53. The normalized spacial score (nSPS) is 13.3. The van der Waals surface area contributed by atoms with Crippen molar-refractivity contribution in [1.29, 1.82) is 0 Å². The Hall–Kier alpha value is -1.38. The SMILES string of the molecule is CC(C)(C)c1cnc2cc(C(C)(C)C)[nH]c2n1. The molecule has 0 aromatic carbocycles. The molecule has 17 heavy (non-hydrogen) atoms. The van der Waals surface area contributed by atoms with Gasteiger partial charge in [0.1, 0.15) is 5.52 Å². The van der Waals surface area contributed by atoms with Crippen LogP contribution in [0, 0.1) is 0 Å². The lowest BCUT2D eigenvalue weighted by Crippen LogP contribution is -2.14. The van der Waals surface area contributed by atoms with E-state index in [2.05, 4.69) is 62.6 Å². The van der Waals surface area contributed by atoms with Gasteiger partial charge < -0.3 is 4.98 Å². The van der Waals surface area contributed by atoms with Gasteiger partial charge in [-0.15, -0.1) is 0 Å². The first-order chi connectivity index (χ1) is 7.68. The van der Waals surface area contributed by atoms with Crippen LogP contribution in [0.3, 0.4) is 0 Å². The molecule has 0 atom stereocenters. The van der Waals surface area contributed by atoms with E-state index in [0.717, 1.165) is 16.9 Å². The predicted molar refractivity (Wildman–Crippen MR) is 71.3 cm³/mol. The molecule has 2 rings (SSSR count). The van der Waals surface area contributed by atoms with Crippen LogP contribution in [0.5, 0.6) is 0 Å². The summed E-state index contributed by atoms with van der Waals surface area (Å²) in [4.78, 5) is 12.5. The van der Waals surface area contributed by atoms with Crippen LogP contribution in [-0.4, -0.2) is 15.0 Å². The molecule has 0 aliphatic rings. The Morgan fingerprint density at radius 1 is 1.00 bits per heavy atom. The molecule has 0 radical (unpaired) electrons. The first kappa shape index (κ1) is 12.1. The summed E-state index contributed by atoms with van der Waals surface area (Å²) < 4.78 is 0. The number of hydrogen-bond acceptors (Lipinski definition) is 2. The third-order valence-corrected chi connectivity index (χ3v) is 2.91. The highest BCUT2D eigenvalue weighted by Crippen LogP contribution is 2.26. The van der Waals surface area contributed by atoms with Crippen LogP contribution in [0.4, 0.5) is 0 Å². The molecule has 0 unspecified atom stereocenters. The molecule has 92 valence electrons. The van der Waals surface area contributed by atoms with Gasteiger partial charge in [-0.2, -0.15) is 0 Å². The maximum Gasteiger partial charge on any atom is 0.156 e. The highest BCUT2D eigenvalue weighted by Gasteiger charge is 2.20. The van der Waals surface area contributed by atoms with Gasteiger partial charge in [0.15, 0.2) is 5.65 Å². The standard InChI is InChI=1S/C14H21N3/c1-13(2,3)10-7-9-12(16-10)17-11(8-15-9)14(4,5)6/h7-8H,1-6H3,(H,16,17). The smallest absolute Gasteiger partial charge is 0.156 e. The lowest BCUT2D eigenvalue weighted by atomic mass is 9.92. The molecule has 2 aromatic rings. The number of aromatic amines is 1. The third kappa shape index (κ3) is 2.33. The van der Waals surface area contributed by atoms with Crippen LogP contribution in [-0.2, 0) is 10.8 Å². The summed E-state index contributed by atoms with van der Waals surface area (Å²) in [5, 5.41) is 0. The number of nitrogens with one attached hydrogen (secondary N) is 1. The van der Waals surface area contributed by atoms with E-state index < -0.39 is 0 Å². The fourth-order valence-electron chi connectivity index (χ4n) is 1.66. The Morgan fingerprint density at radius 3 is 2.18 bits per heavy atom. The monoisotopic (exact) mass is 231 g/mol. The van der Waals surface area contributed by atoms with Gasteiger partial charge >= 0.3 is 0 Å². The Bertz CT molecular complexity index is 527. The van der Waals surface area contributed by atoms with Crippen molar-refractivity contribution in [3.05, 3.63) is 23.7 Å². The van der Waals surface area contributed by atoms with Gasteiger partial charge in [-0.05, 0) is 6.07 Å². The predicted octanol–water partition coefficient (Wildman–Crippen LogP) is 3.55. The summed E-state index contributed by atoms with van der Waals surface area (Å²) in [6, 6.07) is 2.09. The van der Waals surface area contributed by atoms with E-state index in [4.69, 9.17) is 0 Å². The van der Waals surface area contributed by atoms with E-state index in [1.165, 1.54) is 5.69 Å². The second-order valence-electron chi connectivity index (χ2n) is 6.67. The van der Waals surface area contributed by atoms with Crippen molar-refractivity contribution in [3.63, 3.8) is 0 Å². The number of nitrogens with zero attached hydrogens (tertiary/aromatic N) is 2. The number of rotatable bonds is 0. The fourth-order valence-corrected chi connectivity index (χ4v) is 1.66. The highest BCUT2D eigenvalue weighted by molar-refractivity contribution is 5.72. The topological polar surface area (TPSA) is 41.6 Å². The van der Waals surface area contributed by atoms with Crippen molar-refractivity contribution in [2.75, 3.05) is 0 Å². The zero-order valence-electron chi connectivity index (χ0n) is 11.5. The van der Waals surface area contributed by atoms with E-state index in [0.29, 0.717) is 0 Å². The van der Waals surface area contributed by atoms with Crippen LogP contribution >= 0.6 is 0 Å². The van der Waals surface area contributed by atoms with E-state index >= 15 is 0 Å². The van der Waals surface area contributed by atoms with Crippen molar-refractivity contribution in [2.45, 2.75) is 52.4 Å². The first-order valence-corrected chi connectivity index (χ1v) is 6.05. The maximum atomic E-state index is 4.66. The van der Waals surface area contributed by atoms with Gasteiger partial charge in [-0.1, -0.05) is 41.5 Å². The summed E-state index contributed by atoms with van der Waals surface area (Å²) >= 11 is 0. The molecule has 0 aliphatic heterocycles. The van der Waals surface area contributed by atoms with Crippen LogP contribution < -0.4 is 0 Å². The van der Waals surface area contributed by atoms with E-state index in [1.54, 1.807) is 0 Å². The van der Waals surface area contributed by atoms with Crippen molar-refractivity contribution in [3.8, 4) is 0 Å². The van der Waals surface area contributed by atoms with Gasteiger partial charge in [0.2, 0.25) is 0 Å². The van der Waals surface area contributed by atoms with E-state index in [-0.39, 0.29) is 10.8 Å². The van der Waals surface area contributed by atoms with Crippen LogP contribution in [0.15, 0.2) is 12.3 Å². The van der Waals surface area contributed by atoms with Gasteiger partial charge in [0.25, 0.3) is 0 Å². The quantitative estimate of drug-likeness (QED) is 0.753. The number of H-pyrrole nitrogens is 1. The Balaban J connectivity index is 2.56. The third-order valence-electron chi connectivity index (χ3n) is 2.91. The molecule has 0 saturated heterocycles. The minimum atomic E-state index is 0.0359. The number of aromatic nitrogens is 3. The summed E-state index contributed by atoms with van der Waals surface area (Å²) in [7, 11) is 0. The first-order valence-electron chi connectivity index (χ1n) is 6.05. The summed E-state index contributed by atoms with van der Waals surface area (Å²) in [6.45, 7) is 13.0. The van der Waals surface area contributed by atoms with E-state index in [9.17, 15) is 0 Å². The largest absolute Gasteiger partial charge is 0.341 e. The molecule has 2 heterocycles. The zero-order valence-corrected chi connectivity index (χ0v) is 11.5. The van der Waals surface area contributed by atoms with Crippen molar-refractivity contribution in [2.24, 2.45) is 0 Å². The Morgan fingerprint density at radius 2 is 1.65 bits per heavy atom. The van der Waals surface area contributed by atoms with Crippen molar-refractivity contribution in [1.82, 2.24) is 15.0 Å². The maximum absolute atomic E-state index is 4.66. The molecule has 0 saturated carbocycles. The molecule has 2 aromatic heterocycles. The number of hydrogen-bond donors (Lipinski definition) is 1. The molecule has 1 N–H and O–H groups in total. The second-order valence-corrected chi connectivity index (χ2v) is 6.67. The van der Waals surface area contributed by atoms with Gasteiger partial charge in [0.05, 0.1) is 5.69 Å². The average molecular weight is 231 g/mol. The molecule has 0 aliphatic carbocycles. The van der Waals surface area contributed by atoms with Gasteiger partial charge in [-0.25, -0.2) is 4.98 Å². The Labute approximate surface area is 103 Å². The molecule has 3 nitrogen and oxygen atoms in total. The molecule has 0 spiro atoms. The van der Waals surface area contributed by atoms with E-state index in [1.807, 2.05) is 6.20 Å². The minimum Gasteiger partial charge on any atom is -0.341 e. The summed E-state index contributed by atoms with van der Waals surface area (Å²) in [5.74, 6) is 0.